The molecule has 2 heteroatoms. The molecule has 1 aromatic heterocycles. The number of fused-ring (bicyclic) bond motifs is 1. The maximum Gasteiger partial charge on any atom is 0.0640 e. The van der Waals surface area contributed by atoms with E-state index in [0.717, 1.165) is 12.2 Å². The fourth-order valence-electron chi connectivity index (χ4n) is 2.73. The van der Waals surface area contributed by atoms with Gasteiger partial charge < -0.3 is 4.57 Å². The van der Waals surface area contributed by atoms with Crippen molar-refractivity contribution in [1.29, 1.82) is 5.26 Å². The fourth-order valence-corrected chi connectivity index (χ4v) is 2.73. The normalized spacial score (nSPS) is 11.1. The second-order valence-electron chi connectivity index (χ2n) is 5.38. The average Bonchev–Trinajstić information content (AvgIpc) is 2.90. The zero-order valence-corrected chi connectivity index (χ0v) is 12.7. The van der Waals surface area contributed by atoms with E-state index in [1.165, 1.54) is 22.0 Å². The van der Waals surface area contributed by atoms with E-state index in [-0.39, 0.29) is 0 Å². The maximum absolute atomic E-state index is 8.89. The number of aromatic nitrogens is 1. The Morgan fingerprint density at radius 3 is 2.64 bits per heavy atom. The third kappa shape index (κ3) is 2.80. The number of nitriles is 1. The molecule has 0 saturated carbocycles. The molecule has 22 heavy (non-hydrogen) atoms. The van der Waals surface area contributed by atoms with Gasteiger partial charge >= 0.3 is 0 Å². The summed E-state index contributed by atoms with van der Waals surface area (Å²) in [6.07, 6.45) is 4.80. The SMILES string of the molecule is Cc1ccccc1C=Cc1cc2ccccc2n1CCC#N. The monoisotopic (exact) mass is 286 g/mol. The van der Waals surface area contributed by atoms with Gasteiger partial charge in [0, 0.05) is 23.1 Å². The van der Waals surface area contributed by atoms with Gasteiger partial charge in [-0.1, -0.05) is 48.5 Å². The van der Waals surface area contributed by atoms with Crippen LogP contribution in [0.2, 0.25) is 0 Å². The molecule has 0 aliphatic carbocycles. The van der Waals surface area contributed by atoms with Gasteiger partial charge in [0.2, 0.25) is 0 Å². The van der Waals surface area contributed by atoms with Gasteiger partial charge in [-0.2, -0.15) is 5.26 Å². The molecule has 0 saturated heterocycles. The summed E-state index contributed by atoms with van der Waals surface area (Å²) >= 11 is 0. The van der Waals surface area contributed by atoms with Crippen molar-refractivity contribution >= 4 is 23.1 Å². The third-order valence-electron chi connectivity index (χ3n) is 3.91. The summed E-state index contributed by atoms with van der Waals surface area (Å²) in [6.45, 7) is 2.84. The first-order valence-corrected chi connectivity index (χ1v) is 7.48. The standard InChI is InChI=1S/C20H18N2/c1-16-7-2-3-8-17(16)11-12-19-15-18-9-4-5-10-20(18)22(19)14-6-13-21/h2-5,7-12,15H,6,14H2,1H3. The van der Waals surface area contributed by atoms with Gasteiger partial charge in [0.05, 0.1) is 12.5 Å². The third-order valence-corrected chi connectivity index (χ3v) is 3.91. The number of hydrogen-bond donors (Lipinski definition) is 0. The van der Waals surface area contributed by atoms with Crippen LogP contribution in [0.25, 0.3) is 23.1 Å². The van der Waals surface area contributed by atoms with Crippen LogP contribution < -0.4 is 0 Å². The predicted octanol–water partition coefficient (Wildman–Crippen LogP) is 5.03. The highest BCUT2D eigenvalue weighted by Gasteiger charge is 2.05. The number of hydrogen-bond acceptors (Lipinski definition) is 1. The summed E-state index contributed by atoms with van der Waals surface area (Å²) in [5.41, 5.74) is 4.81. The summed E-state index contributed by atoms with van der Waals surface area (Å²) in [4.78, 5) is 0. The van der Waals surface area contributed by atoms with E-state index in [4.69, 9.17) is 5.26 Å². The number of aryl methyl sites for hydroxylation is 2. The van der Waals surface area contributed by atoms with E-state index in [0.29, 0.717) is 6.42 Å². The highest BCUT2D eigenvalue weighted by molar-refractivity contribution is 5.85. The molecule has 0 aliphatic heterocycles. The van der Waals surface area contributed by atoms with Gasteiger partial charge in [-0.3, -0.25) is 0 Å². The quantitative estimate of drug-likeness (QED) is 0.661. The summed E-state index contributed by atoms with van der Waals surface area (Å²) in [5.74, 6) is 0. The van der Waals surface area contributed by atoms with E-state index in [1.807, 2.05) is 12.1 Å². The van der Waals surface area contributed by atoms with E-state index in [9.17, 15) is 0 Å². The van der Waals surface area contributed by atoms with Crippen molar-refractivity contribution in [2.75, 3.05) is 0 Å². The van der Waals surface area contributed by atoms with E-state index >= 15 is 0 Å². The lowest BCUT2D eigenvalue weighted by Gasteiger charge is -2.06. The Labute approximate surface area is 130 Å². The summed E-state index contributed by atoms with van der Waals surface area (Å²) in [7, 11) is 0. The van der Waals surface area contributed by atoms with Crippen molar-refractivity contribution in [3.63, 3.8) is 0 Å². The molecule has 108 valence electrons. The van der Waals surface area contributed by atoms with E-state index in [2.05, 4.69) is 72.2 Å². The van der Waals surface area contributed by atoms with Crippen molar-refractivity contribution in [1.82, 2.24) is 4.57 Å². The first kappa shape index (κ1) is 14.2. The van der Waals surface area contributed by atoms with E-state index in [1.54, 1.807) is 0 Å². The molecule has 0 spiro atoms. The van der Waals surface area contributed by atoms with Gasteiger partial charge in [0.15, 0.2) is 0 Å². The van der Waals surface area contributed by atoms with Crippen molar-refractivity contribution in [3.05, 3.63) is 71.4 Å². The lowest BCUT2D eigenvalue weighted by atomic mass is 10.1. The Balaban J connectivity index is 2.03. The van der Waals surface area contributed by atoms with Gasteiger partial charge in [-0.05, 0) is 36.3 Å². The molecular formula is C20H18N2. The number of nitrogens with zero attached hydrogens (tertiary/aromatic N) is 2. The molecule has 0 unspecified atom stereocenters. The lowest BCUT2D eigenvalue weighted by molar-refractivity contribution is 0.738. The number of rotatable bonds is 4. The molecule has 0 atom stereocenters. The summed E-state index contributed by atoms with van der Waals surface area (Å²) in [6, 6.07) is 21.1. The fraction of sp³-hybridized carbons (Fsp3) is 0.150. The molecule has 0 aliphatic rings. The highest BCUT2D eigenvalue weighted by Crippen LogP contribution is 2.22. The van der Waals surface area contributed by atoms with Crippen LogP contribution >= 0.6 is 0 Å². The van der Waals surface area contributed by atoms with Gasteiger partial charge in [0.1, 0.15) is 0 Å². The van der Waals surface area contributed by atoms with Crippen LogP contribution in [0.4, 0.5) is 0 Å². The van der Waals surface area contributed by atoms with Crippen molar-refractivity contribution in [2.45, 2.75) is 19.9 Å². The first-order chi connectivity index (χ1) is 10.8. The van der Waals surface area contributed by atoms with Crippen LogP contribution in [0.1, 0.15) is 23.2 Å². The molecule has 0 amide bonds. The summed E-state index contributed by atoms with van der Waals surface area (Å²) in [5, 5.41) is 10.1. The zero-order valence-electron chi connectivity index (χ0n) is 12.7. The second-order valence-corrected chi connectivity index (χ2v) is 5.38. The van der Waals surface area contributed by atoms with Crippen LogP contribution in [0.5, 0.6) is 0 Å². The average molecular weight is 286 g/mol. The first-order valence-electron chi connectivity index (χ1n) is 7.48. The predicted molar refractivity (Wildman–Crippen MR) is 92.3 cm³/mol. The second kappa shape index (κ2) is 6.32. The molecule has 0 radical (unpaired) electrons. The minimum atomic E-state index is 0.518. The van der Waals surface area contributed by atoms with Crippen LogP contribution in [0, 0.1) is 18.3 Å². The van der Waals surface area contributed by atoms with Crippen LogP contribution in [-0.4, -0.2) is 4.57 Å². The molecule has 3 rings (SSSR count). The van der Waals surface area contributed by atoms with Crippen molar-refractivity contribution in [2.24, 2.45) is 0 Å². The topological polar surface area (TPSA) is 28.7 Å². The number of para-hydroxylation sites is 1. The lowest BCUT2D eigenvalue weighted by Crippen LogP contribution is -1.98. The number of benzene rings is 2. The molecular weight excluding hydrogens is 268 g/mol. The Bertz CT molecular complexity index is 863. The van der Waals surface area contributed by atoms with Gasteiger partial charge in [0.25, 0.3) is 0 Å². The van der Waals surface area contributed by atoms with Gasteiger partial charge in [-0.25, -0.2) is 0 Å². The molecule has 2 nitrogen and oxygen atoms in total. The van der Waals surface area contributed by atoms with Crippen LogP contribution in [-0.2, 0) is 6.54 Å². The largest absolute Gasteiger partial charge is 0.340 e. The van der Waals surface area contributed by atoms with E-state index < -0.39 is 0 Å². The maximum atomic E-state index is 8.89. The molecule has 0 bridgehead atoms. The molecule has 2 aromatic carbocycles. The van der Waals surface area contributed by atoms with Crippen molar-refractivity contribution in [3.8, 4) is 6.07 Å². The van der Waals surface area contributed by atoms with Crippen LogP contribution in [0.3, 0.4) is 0 Å². The molecule has 1 heterocycles. The Kier molecular flexibility index (Phi) is 4.07. The highest BCUT2D eigenvalue weighted by atomic mass is 15.0. The summed E-state index contributed by atoms with van der Waals surface area (Å²) < 4.78 is 2.22. The minimum absolute atomic E-state index is 0.518. The van der Waals surface area contributed by atoms with Gasteiger partial charge in [-0.15, -0.1) is 0 Å². The molecule has 0 fully saturated rings. The zero-order chi connectivity index (χ0) is 15.4. The van der Waals surface area contributed by atoms with Crippen LogP contribution in [0.15, 0.2) is 54.6 Å². The Morgan fingerprint density at radius 2 is 1.82 bits per heavy atom. The van der Waals surface area contributed by atoms with Crippen molar-refractivity contribution < 1.29 is 0 Å². The Morgan fingerprint density at radius 1 is 1.05 bits per heavy atom. The smallest absolute Gasteiger partial charge is 0.0640 e. The Hall–Kier alpha value is -2.79. The minimum Gasteiger partial charge on any atom is -0.340 e. The molecule has 3 aromatic rings. The molecule has 0 N–H and O–H groups in total.